The van der Waals surface area contributed by atoms with Crippen molar-refractivity contribution >= 4 is 17.5 Å². The summed E-state index contributed by atoms with van der Waals surface area (Å²) in [5.41, 5.74) is 2.31. The minimum Gasteiger partial charge on any atom is -0.378 e. The molecule has 0 saturated carbocycles. The molecule has 2 aromatic rings. The molecular weight excluding hydrogens is 316 g/mol. The maximum absolute atomic E-state index is 12.7. The third-order valence-electron chi connectivity index (χ3n) is 4.39. The van der Waals surface area contributed by atoms with Gasteiger partial charge in [0.15, 0.2) is 0 Å². The van der Waals surface area contributed by atoms with Gasteiger partial charge >= 0.3 is 0 Å². The molecule has 25 heavy (non-hydrogen) atoms. The zero-order valence-corrected chi connectivity index (χ0v) is 14.6. The zero-order chi connectivity index (χ0) is 17.8. The molecule has 130 valence electrons. The molecule has 1 aliphatic heterocycles. The molecule has 0 aliphatic carbocycles. The van der Waals surface area contributed by atoms with Crippen LogP contribution in [0.1, 0.15) is 20.7 Å². The molecule has 3 rings (SSSR count). The molecule has 2 amide bonds. The standard InChI is InChI=1S/C19H22N4O2/c1-21(2)17-5-3-4-16(14-17)19(25)23-12-10-22(11-13-23)18(24)15-6-8-20-9-7-15/h3-9,14H,10-13H2,1-2H3. The summed E-state index contributed by atoms with van der Waals surface area (Å²) in [5, 5.41) is 0. The van der Waals surface area contributed by atoms with Crippen molar-refractivity contribution < 1.29 is 9.59 Å². The van der Waals surface area contributed by atoms with Crippen molar-refractivity contribution in [3.05, 3.63) is 59.9 Å². The average molecular weight is 338 g/mol. The molecule has 1 aromatic heterocycles. The largest absolute Gasteiger partial charge is 0.378 e. The van der Waals surface area contributed by atoms with E-state index >= 15 is 0 Å². The van der Waals surface area contributed by atoms with Crippen molar-refractivity contribution in [1.82, 2.24) is 14.8 Å². The van der Waals surface area contributed by atoms with Crippen LogP contribution in [0, 0.1) is 0 Å². The smallest absolute Gasteiger partial charge is 0.254 e. The van der Waals surface area contributed by atoms with Crippen LogP contribution in [0.15, 0.2) is 48.8 Å². The van der Waals surface area contributed by atoms with Crippen LogP contribution in [0.4, 0.5) is 5.69 Å². The van der Waals surface area contributed by atoms with Crippen molar-refractivity contribution in [2.45, 2.75) is 0 Å². The fraction of sp³-hybridized carbons (Fsp3) is 0.316. The predicted octanol–water partition coefficient (Wildman–Crippen LogP) is 1.75. The van der Waals surface area contributed by atoms with Crippen molar-refractivity contribution in [3.8, 4) is 0 Å². The van der Waals surface area contributed by atoms with Gasteiger partial charge in [0.05, 0.1) is 0 Å². The third-order valence-corrected chi connectivity index (χ3v) is 4.39. The van der Waals surface area contributed by atoms with Crippen LogP contribution in [0.3, 0.4) is 0 Å². The second kappa shape index (κ2) is 7.34. The molecule has 2 heterocycles. The van der Waals surface area contributed by atoms with E-state index in [0.29, 0.717) is 37.3 Å². The summed E-state index contributed by atoms with van der Waals surface area (Å²) in [5.74, 6) is 0.00353. The monoisotopic (exact) mass is 338 g/mol. The second-order valence-corrected chi connectivity index (χ2v) is 6.27. The van der Waals surface area contributed by atoms with Gasteiger partial charge in [-0.15, -0.1) is 0 Å². The van der Waals surface area contributed by atoms with E-state index in [4.69, 9.17) is 0 Å². The summed E-state index contributed by atoms with van der Waals surface area (Å²) in [6.07, 6.45) is 3.23. The number of rotatable bonds is 3. The number of carbonyl (C=O) groups excluding carboxylic acids is 2. The van der Waals surface area contributed by atoms with E-state index in [0.717, 1.165) is 5.69 Å². The molecule has 6 heteroatoms. The van der Waals surface area contributed by atoms with E-state index in [1.54, 1.807) is 29.4 Å². The van der Waals surface area contributed by atoms with Gasteiger partial charge in [-0.2, -0.15) is 0 Å². The van der Waals surface area contributed by atoms with Crippen LogP contribution in [0.2, 0.25) is 0 Å². The van der Waals surface area contributed by atoms with Crippen LogP contribution in [-0.2, 0) is 0 Å². The van der Waals surface area contributed by atoms with Gasteiger partial charge in [-0.3, -0.25) is 14.6 Å². The van der Waals surface area contributed by atoms with Crippen molar-refractivity contribution in [2.24, 2.45) is 0 Å². The maximum atomic E-state index is 12.7. The fourth-order valence-corrected chi connectivity index (χ4v) is 2.89. The number of nitrogens with zero attached hydrogens (tertiary/aromatic N) is 4. The summed E-state index contributed by atoms with van der Waals surface area (Å²) < 4.78 is 0. The van der Waals surface area contributed by atoms with E-state index in [9.17, 15) is 9.59 Å². The number of aromatic nitrogens is 1. The molecule has 6 nitrogen and oxygen atoms in total. The number of amides is 2. The highest BCUT2D eigenvalue weighted by Gasteiger charge is 2.25. The summed E-state index contributed by atoms with van der Waals surface area (Å²) in [4.78, 5) is 34.7. The van der Waals surface area contributed by atoms with E-state index in [1.165, 1.54) is 0 Å². The summed E-state index contributed by atoms with van der Waals surface area (Å²) in [6.45, 7) is 2.17. The third kappa shape index (κ3) is 3.79. The molecule has 0 bridgehead atoms. The Kier molecular flexibility index (Phi) is 4.97. The SMILES string of the molecule is CN(C)c1cccc(C(=O)N2CCN(C(=O)c3ccncc3)CC2)c1. The van der Waals surface area contributed by atoms with E-state index in [1.807, 2.05) is 48.2 Å². The lowest BCUT2D eigenvalue weighted by molar-refractivity contribution is 0.0535. The Hall–Kier alpha value is -2.89. The van der Waals surface area contributed by atoms with Gasteiger partial charge in [0.1, 0.15) is 0 Å². The molecule has 1 aromatic carbocycles. The highest BCUT2D eigenvalue weighted by molar-refractivity contribution is 5.96. The van der Waals surface area contributed by atoms with Crippen LogP contribution in [-0.4, -0.2) is 66.9 Å². The number of anilines is 1. The predicted molar refractivity (Wildman–Crippen MR) is 96.8 cm³/mol. The van der Waals surface area contributed by atoms with E-state index in [2.05, 4.69) is 4.98 Å². The number of carbonyl (C=O) groups is 2. The summed E-state index contributed by atoms with van der Waals surface area (Å²) in [6, 6.07) is 11.0. The zero-order valence-electron chi connectivity index (χ0n) is 14.6. The first-order chi connectivity index (χ1) is 12.1. The minimum atomic E-state index is -0.0101. The number of hydrogen-bond acceptors (Lipinski definition) is 4. The highest BCUT2D eigenvalue weighted by atomic mass is 16.2. The molecule has 0 radical (unpaired) electrons. The average Bonchev–Trinajstić information content (AvgIpc) is 2.67. The first kappa shape index (κ1) is 17.0. The first-order valence-corrected chi connectivity index (χ1v) is 8.32. The van der Waals surface area contributed by atoms with Gasteiger partial charge in [-0.25, -0.2) is 0 Å². The van der Waals surface area contributed by atoms with Crippen molar-refractivity contribution in [2.75, 3.05) is 45.2 Å². The first-order valence-electron chi connectivity index (χ1n) is 8.32. The molecule has 1 saturated heterocycles. The molecule has 0 atom stereocenters. The van der Waals surface area contributed by atoms with Crippen molar-refractivity contribution in [3.63, 3.8) is 0 Å². The molecule has 1 fully saturated rings. The Balaban J connectivity index is 1.63. The Labute approximate surface area is 147 Å². The Bertz CT molecular complexity index is 753. The van der Waals surface area contributed by atoms with Gasteiger partial charge in [-0.05, 0) is 30.3 Å². The summed E-state index contributed by atoms with van der Waals surface area (Å²) >= 11 is 0. The Morgan fingerprint density at radius 2 is 1.44 bits per heavy atom. The molecule has 0 unspecified atom stereocenters. The Morgan fingerprint density at radius 3 is 2.00 bits per heavy atom. The number of benzene rings is 1. The minimum absolute atomic E-state index is 0.0101. The van der Waals surface area contributed by atoms with Gasteiger partial charge < -0.3 is 14.7 Å². The topological polar surface area (TPSA) is 56.8 Å². The maximum Gasteiger partial charge on any atom is 0.254 e. The lowest BCUT2D eigenvalue weighted by atomic mass is 10.1. The number of pyridine rings is 1. The summed E-state index contributed by atoms with van der Waals surface area (Å²) in [7, 11) is 3.90. The van der Waals surface area contributed by atoms with Crippen LogP contribution >= 0.6 is 0 Å². The fourth-order valence-electron chi connectivity index (χ4n) is 2.89. The molecule has 0 spiro atoms. The quantitative estimate of drug-likeness (QED) is 0.855. The van der Waals surface area contributed by atoms with Crippen LogP contribution < -0.4 is 4.90 Å². The van der Waals surface area contributed by atoms with Crippen molar-refractivity contribution in [1.29, 1.82) is 0 Å². The highest BCUT2D eigenvalue weighted by Crippen LogP contribution is 2.16. The lowest BCUT2D eigenvalue weighted by Crippen LogP contribution is -2.50. The molecular formula is C19H22N4O2. The van der Waals surface area contributed by atoms with Crippen LogP contribution in [0.25, 0.3) is 0 Å². The van der Waals surface area contributed by atoms with E-state index < -0.39 is 0 Å². The van der Waals surface area contributed by atoms with Gasteiger partial charge in [-0.1, -0.05) is 6.07 Å². The normalized spacial score (nSPS) is 14.3. The number of hydrogen-bond donors (Lipinski definition) is 0. The Morgan fingerprint density at radius 1 is 0.880 bits per heavy atom. The van der Waals surface area contributed by atoms with Gasteiger partial charge in [0.2, 0.25) is 0 Å². The van der Waals surface area contributed by atoms with Gasteiger partial charge in [0.25, 0.3) is 11.8 Å². The molecule has 1 aliphatic rings. The molecule has 0 N–H and O–H groups in total. The van der Waals surface area contributed by atoms with Crippen LogP contribution in [0.5, 0.6) is 0 Å². The lowest BCUT2D eigenvalue weighted by Gasteiger charge is -2.35. The van der Waals surface area contributed by atoms with Gasteiger partial charge in [0, 0.05) is 69.5 Å². The second-order valence-electron chi connectivity index (χ2n) is 6.27. The number of piperazine rings is 1. The van der Waals surface area contributed by atoms with E-state index in [-0.39, 0.29) is 11.8 Å².